The topological polar surface area (TPSA) is 85.6 Å². The van der Waals surface area contributed by atoms with E-state index in [1.54, 1.807) is 25.2 Å². The van der Waals surface area contributed by atoms with Crippen LogP contribution >= 0.6 is 11.3 Å². The van der Waals surface area contributed by atoms with Crippen molar-refractivity contribution in [2.45, 2.75) is 0 Å². The Labute approximate surface area is 161 Å². The van der Waals surface area contributed by atoms with E-state index in [0.717, 1.165) is 0 Å². The average molecular weight is 398 g/mol. The fourth-order valence-electron chi connectivity index (χ4n) is 2.53. The highest BCUT2D eigenvalue weighted by atomic mass is 32.1. The number of halogens is 2. The van der Waals surface area contributed by atoms with Crippen LogP contribution in [-0.2, 0) is 7.05 Å². The number of aryl methyl sites for hydroxylation is 1. The molecule has 7 nitrogen and oxygen atoms in total. The lowest BCUT2D eigenvalue weighted by molar-refractivity contribution is 0.102. The largest absolute Gasteiger partial charge is 0.296 e. The molecule has 0 unspecified atom stereocenters. The maximum Gasteiger partial charge on any atom is 0.280 e. The molecule has 1 amide bonds. The molecule has 0 atom stereocenters. The monoisotopic (exact) mass is 398 g/mol. The minimum atomic E-state index is -0.603. The van der Waals surface area contributed by atoms with E-state index in [1.165, 1.54) is 35.3 Å². The summed E-state index contributed by atoms with van der Waals surface area (Å²) in [5.41, 5.74) is 1.24. The van der Waals surface area contributed by atoms with Gasteiger partial charge in [-0.15, -0.1) is 5.10 Å². The van der Waals surface area contributed by atoms with Crippen LogP contribution < -0.4 is 5.32 Å². The van der Waals surface area contributed by atoms with Crippen molar-refractivity contribution in [2.75, 3.05) is 5.32 Å². The lowest BCUT2D eigenvalue weighted by Crippen LogP contribution is -2.14. The van der Waals surface area contributed by atoms with Crippen molar-refractivity contribution in [1.29, 1.82) is 0 Å². The molecule has 0 saturated carbocycles. The Morgan fingerprint density at radius 1 is 1.07 bits per heavy atom. The molecule has 0 aliphatic heterocycles. The summed E-state index contributed by atoms with van der Waals surface area (Å²) in [5, 5.41) is 10.3. The summed E-state index contributed by atoms with van der Waals surface area (Å²) in [6, 6.07) is 10.6. The van der Waals surface area contributed by atoms with Gasteiger partial charge in [0.2, 0.25) is 5.13 Å². The van der Waals surface area contributed by atoms with Gasteiger partial charge in [0, 0.05) is 18.8 Å². The van der Waals surface area contributed by atoms with E-state index in [9.17, 15) is 13.6 Å². The summed E-state index contributed by atoms with van der Waals surface area (Å²) in [6.07, 6.45) is 1.53. The Hall–Kier alpha value is -3.53. The molecule has 0 saturated heterocycles. The molecule has 1 N–H and O–H groups in total. The quantitative estimate of drug-likeness (QED) is 0.568. The van der Waals surface area contributed by atoms with E-state index in [0.29, 0.717) is 22.6 Å². The van der Waals surface area contributed by atoms with Gasteiger partial charge in [0.25, 0.3) is 5.91 Å². The number of nitrogens with one attached hydrogen (secondary N) is 1. The molecular formula is C18H12F2N6OS. The molecular weight excluding hydrogens is 386 g/mol. The molecule has 10 heteroatoms. The molecule has 1 aromatic carbocycles. The number of amides is 1. The lowest BCUT2D eigenvalue weighted by Gasteiger charge is -2.01. The number of hydrogen-bond donors (Lipinski definition) is 1. The van der Waals surface area contributed by atoms with Gasteiger partial charge in [-0.1, -0.05) is 17.4 Å². The summed E-state index contributed by atoms with van der Waals surface area (Å²) in [6.45, 7) is 0. The smallest absolute Gasteiger partial charge is 0.280 e. The Bertz CT molecular complexity index is 1140. The van der Waals surface area contributed by atoms with Crippen molar-refractivity contribution in [3.63, 3.8) is 0 Å². The van der Waals surface area contributed by atoms with Gasteiger partial charge in [0.05, 0.1) is 5.69 Å². The molecule has 0 radical (unpaired) electrons. The Kier molecular flexibility index (Phi) is 4.62. The number of rotatable bonds is 4. The first-order chi connectivity index (χ1) is 13.5. The summed E-state index contributed by atoms with van der Waals surface area (Å²) in [4.78, 5) is 22.1. The Morgan fingerprint density at radius 3 is 2.57 bits per heavy atom. The van der Waals surface area contributed by atoms with Crippen LogP contribution in [0.25, 0.3) is 22.6 Å². The number of nitrogens with zero attached hydrogens (tertiary/aromatic N) is 5. The van der Waals surface area contributed by atoms with Crippen molar-refractivity contribution in [3.05, 3.63) is 65.3 Å². The highest BCUT2D eigenvalue weighted by Crippen LogP contribution is 2.29. The van der Waals surface area contributed by atoms with Crippen LogP contribution in [0.5, 0.6) is 0 Å². The second-order valence-electron chi connectivity index (χ2n) is 5.70. The fourth-order valence-corrected chi connectivity index (χ4v) is 3.23. The normalized spacial score (nSPS) is 10.8. The molecule has 3 aromatic heterocycles. The third kappa shape index (κ3) is 3.49. The van der Waals surface area contributed by atoms with E-state index < -0.39 is 16.9 Å². The highest BCUT2D eigenvalue weighted by molar-refractivity contribution is 7.14. The third-order valence-corrected chi connectivity index (χ3v) is 4.52. The third-order valence-electron chi connectivity index (χ3n) is 3.76. The zero-order valence-electron chi connectivity index (χ0n) is 14.4. The van der Waals surface area contributed by atoms with Gasteiger partial charge in [-0.2, -0.15) is 14.3 Å². The van der Waals surface area contributed by atoms with Gasteiger partial charge >= 0.3 is 0 Å². The molecule has 4 aromatic rings. The molecule has 0 spiro atoms. The first kappa shape index (κ1) is 17.9. The molecule has 140 valence electrons. The van der Waals surface area contributed by atoms with Gasteiger partial charge < -0.3 is 0 Å². The van der Waals surface area contributed by atoms with Gasteiger partial charge in [-0.05, 0) is 36.4 Å². The highest BCUT2D eigenvalue weighted by Gasteiger charge is 2.22. The number of carbonyl (C=O) groups excluding carboxylic acids is 1. The second-order valence-corrected chi connectivity index (χ2v) is 6.65. The van der Waals surface area contributed by atoms with Gasteiger partial charge in [-0.25, -0.2) is 9.37 Å². The zero-order chi connectivity index (χ0) is 19.7. The SMILES string of the molecule is Cn1nc(C(=O)Nc2nc(-c3ccccn3)c(F)s2)c(-c2ccc(F)cc2)n1. The minimum Gasteiger partial charge on any atom is -0.296 e. The van der Waals surface area contributed by atoms with Crippen LogP contribution in [0.1, 0.15) is 10.5 Å². The van der Waals surface area contributed by atoms with Crippen LogP contribution in [0.4, 0.5) is 13.9 Å². The molecule has 0 aliphatic rings. The van der Waals surface area contributed by atoms with Gasteiger partial charge in [-0.3, -0.25) is 15.1 Å². The van der Waals surface area contributed by atoms with E-state index in [2.05, 4.69) is 25.5 Å². The number of thiazole rings is 1. The van der Waals surface area contributed by atoms with Crippen LogP contribution in [-0.4, -0.2) is 30.9 Å². The minimum absolute atomic E-state index is 0.0177. The lowest BCUT2D eigenvalue weighted by atomic mass is 10.1. The van der Waals surface area contributed by atoms with Crippen LogP contribution in [0, 0.1) is 10.9 Å². The Balaban J connectivity index is 1.63. The van der Waals surface area contributed by atoms with Crippen molar-refractivity contribution in [2.24, 2.45) is 7.05 Å². The number of aromatic nitrogens is 5. The van der Waals surface area contributed by atoms with Gasteiger partial charge in [0.15, 0.2) is 10.8 Å². The van der Waals surface area contributed by atoms with E-state index in [4.69, 9.17) is 0 Å². The van der Waals surface area contributed by atoms with E-state index >= 15 is 0 Å². The van der Waals surface area contributed by atoms with Crippen LogP contribution in [0.3, 0.4) is 0 Å². The maximum absolute atomic E-state index is 14.2. The average Bonchev–Trinajstić information content (AvgIpc) is 3.25. The number of benzene rings is 1. The van der Waals surface area contributed by atoms with E-state index in [-0.39, 0.29) is 22.2 Å². The summed E-state index contributed by atoms with van der Waals surface area (Å²) in [5.74, 6) is -1.01. The predicted octanol–water partition coefficient (Wildman–Crippen LogP) is 3.53. The standard InChI is InChI=1S/C18H12F2N6OS/c1-26-24-13(10-5-7-11(19)8-6-10)15(25-26)17(27)23-18-22-14(16(20)28-18)12-4-2-3-9-21-12/h2-9H,1H3,(H,22,23,27). The maximum atomic E-state index is 14.2. The fraction of sp³-hybridized carbons (Fsp3) is 0.0556. The van der Waals surface area contributed by atoms with E-state index in [1.807, 2.05) is 0 Å². The molecule has 0 bridgehead atoms. The molecule has 28 heavy (non-hydrogen) atoms. The number of anilines is 1. The van der Waals surface area contributed by atoms with Gasteiger partial charge in [0.1, 0.15) is 17.2 Å². The first-order valence-corrected chi connectivity index (χ1v) is 8.89. The second kappa shape index (κ2) is 7.24. The molecule has 4 rings (SSSR count). The zero-order valence-corrected chi connectivity index (χ0v) is 15.2. The van der Waals surface area contributed by atoms with Crippen molar-refractivity contribution in [1.82, 2.24) is 25.0 Å². The van der Waals surface area contributed by atoms with Crippen molar-refractivity contribution >= 4 is 22.4 Å². The summed E-state index contributed by atoms with van der Waals surface area (Å²) in [7, 11) is 1.56. The molecule has 0 fully saturated rings. The first-order valence-electron chi connectivity index (χ1n) is 8.07. The number of pyridine rings is 1. The Morgan fingerprint density at radius 2 is 1.86 bits per heavy atom. The molecule has 3 heterocycles. The van der Waals surface area contributed by atoms with Crippen molar-refractivity contribution < 1.29 is 13.6 Å². The molecule has 0 aliphatic carbocycles. The summed E-state index contributed by atoms with van der Waals surface area (Å²) >= 11 is 0.688. The number of carbonyl (C=O) groups is 1. The predicted molar refractivity (Wildman–Crippen MR) is 99.7 cm³/mol. The van der Waals surface area contributed by atoms with Crippen LogP contribution in [0.15, 0.2) is 48.7 Å². The summed E-state index contributed by atoms with van der Waals surface area (Å²) < 4.78 is 27.4. The van der Waals surface area contributed by atoms with Crippen LogP contribution in [0.2, 0.25) is 0 Å². The number of hydrogen-bond acceptors (Lipinski definition) is 6. The van der Waals surface area contributed by atoms with Crippen molar-refractivity contribution in [3.8, 4) is 22.6 Å².